The molecule has 0 bridgehead atoms. The molecule has 17 nitrogen and oxygen atoms in total. The minimum atomic E-state index is -1.66. The molecule has 0 aromatic heterocycles. The zero-order chi connectivity index (χ0) is 42.3. The van der Waals surface area contributed by atoms with E-state index >= 15 is 0 Å². The number of carbonyl (C=O) groups excluding carboxylic acids is 2. The zero-order valence-electron chi connectivity index (χ0n) is 34.0. The number of carbonyl (C=O) groups is 2. The normalized spacial score (nSPS) is 33.8. The third-order valence-corrected chi connectivity index (χ3v) is 10.6. The van der Waals surface area contributed by atoms with Crippen molar-refractivity contribution in [3.8, 4) is 0 Å². The highest BCUT2D eigenvalue weighted by molar-refractivity contribution is 5.72. The fraction of sp³-hybridized carbons (Fsp3) is 0.610. The summed E-state index contributed by atoms with van der Waals surface area (Å²) < 4.78 is 62.4. The Kier molecular flexibility index (Phi) is 16.7. The number of hydrogen-bond donors (Lipinski definition) is 3. The molecule has 3 fully saturated rings. The Hall–Kier alpha value is -4.13. The summed E-state index contributed by atoms with van der Waals surface area (Å²) in [6, 6.07) is 16.8. The molecule has 5 unspecified atom stereocenters. The lowest BCUT2D eigenvalue weighted by atomic mass is 9.81. The number of nitrogens with one attached hydrogen (secondary N) is 1. The van der Waals surface area contributed by atoms with Gasteiger partial charge in [0.25, 0.3) is 0 Å². The quantitative estimate of drug-likeness (QED) is 0.0477. The van der Waals surface area contributed by atoms with Crippen LogP contribution in [-0.4, -0.2) is 123 Å². The van der Waals surface area contributed by atoms with Gasteiger partial charge in [-0.2, -0.15) is 0 Å². The second kappa shape index (κ2) is 22.3. The van der Waals surface area contributed by atoms with Crippen molar-refractivity contribution < 1.29 is 63.8 Å². The van der Waals surface area contributed by atoms with Gasteiger partial charge in [0.05, 0.1) is 63.3 Å². The fourth-order valence-electron chi connectivity index (χ4n) is 7.41. The second-order valence-electron chi connectivity index (χ2n) is 14.5. The zero-order valence-corrected chi connectivity index (χ0v) is 33.0. The number of esters is 1. The maximum absolute atomic E-state index is 13.1. The first-order valence-corrected chi connectivity index (χ1v) is 19.4. The molecule has 2 aromatic rings. The van der Waals surface area contributed by atoms with Gasteiger partial charge in [0.15, 0.2) is 12.6 Å². The van der Waals surface area contributed by atoms with Crippen LogP contribution in [0.4, 0.5) is 4.79 Å². The van der Waals surface area contributed by atoms with E-state index in [1.165, 1.54) is 13.2 Å². The molecular formula is C41H56N4O13. The van der Waals surface area contributed by atoms with Gasteiger partial charge in [-0.25, -0.2) is 4.79 Å². The molecule has 5 rings (SSSR count). The van der Waals surface area contributed by atoms with Crippen molar-refractivity contribution in [1.29, 1.82) is 0 Å². The van der Waals surface area contributed by atoms with Gasteiger partial charge in [0.2, 0.25) is 0 Å². The average molecular weight is 815 g/mol. The highest BCUT2D eigenvalue weighted by atomic mass is 16.7. The first kappa shape index (κ1) is 43.4. The highest BCUT2D eigenvalue weighted by Gasteiger charge is 2.52. The largest absolute Gasteiger partial charge is 0.469 e. The summed E-state index contributed by atoms with van der Waals surface area (Å²) in [6.45, 7) is 7.49. The third-order valence-electron chi connectivity index (χ3n) is 10.6. The van der Waals surface area contributed by atoms with E-state index in [1.54, 1.807) is 0 Å². The Morgan fingerprint density at radius 2 is 1.64 bits per heavy atom. The van der Waals surface area contributed by atoms with Crippen LogP contribution in [0.1, 0.15) is 46.1 Å². The first-order valence-electron chi connectivity index (χ1n) is 20.1. The topological polar surface area (TPSA) is 218 Å². The van der Waals surface area contributed by atoms with Gasteiger partial charge in [0.1, 0.15) is 37.1 Å². The summed E-state index contributed by atoms with van der Waals surface area (Å²) in [5, 5.41) is 29.0. The molecule has 0 radical (unpaired) electrons. The van der Waals surface area contributed by atoms with Crippen LogP contribution in [0.5, 0.6) is 0 Å². The number of aliphatic hydroxyl groups is 2. The summed E-state index contributed by atoms with van der Waals surface area (Å²) in [4.78, 5) is 29.0. The Bertz CT molecular complexity index is 1660. The molecule has 2 heterocycles. The van der Waals surface area contributed by atoms with E-state index in [9.17, 15) is 25.3 Å². The summed E-state index contributed by atoms with van der Waals surface area (Å²) >= 11 is 0. The lowest BCUT2D eigenvalue weighted by molar-refractivity contribution is -0.337. The smallest absolute Gasteiger partial charge is 0.407 e. The Morgan fingerprint density at radius 1 is 0.966 bits per heavy atom. The molecule has 14 atom stereocenters. The Morgan fingerprint density at radius 3 is 2.26 bits per heavy atom. The minimum Gasteiger partial charge on any atom is -0.469 e. The molecule has 1 saturated carbocycles. The molecule has 1 aliphatic carbocycles. The number of alkyl carbamates (subject to hydrolysis) is 1. The Labute approximate surface area is 339 Å². The van der Waals surface area contributed by atoms with Gasteiger partial charge >= 0.3 is 12.1 Å². The van der Waals surface area contributed by atoms with E-state index in [-0.39, 0.29) is 58.7 Å². The van der Waals surface area contributed by atoms with Crippen LogP contribution in [-0.2, 0) is 60.6 Å². The van der Waals surface area contributed by atoms with Crippen LogP contribution in [0.25, 0.3) is 10.4 Å². The first-order chi connectivity index (χ1) is 28.6. The van der Waals surface area contributed by atoms with Gasteiger partial charge in [-0.15, -0.1) is 0 Å². The number of aliphatic hydroxyl groups excluding tert-OH is 2. The molecule has 2 aliphatic heterocycles. The monoisotopic (exact) mass is 814 g/mol. The minimum absolute atomic E-state index is 0.0232. The number of amides is 1. The standard InChI is InChI=1S/C41H56N4O13/c1-6-18-52-41(49)43-32-34(47)33(46)31(23-51-7-2)57-39(32)56-30-20-28(38(48)50-5)19-29(44-45-42)36(30)58-40-37(54-22-27-16-12-9-13-17-27)35(24(3)25(4)55-40)53-21-26-14-10-8-11-15-26/h6,8-17,24-25,28-37,39-40,46-47H,1,7,18-23H2,2-5H3,(H,43,49)/t24-,25?,28?,29-,30-,31+,32?,33+,34?,35+,36-,37?,39-,40+/m1/s1/i2T. The van der Waals surface area contributed by atoms with Crippen LogP contribution >= 0.6 is 0 Å². The van der Waals surface area contributed by atoms with Crippen molar-refractivity contribution >= 4 is 12.1 Å². The van der Waals surface area contributed by atoms with Crippen LogP contribution in [0, 0.1) is 11.8 Å². The maximum atomic E-state index is 13.1. The van der Waals surface area contributed by atoms with E-state index in [1.807, 2.05) is 74.5 Å². The van der Waals surface area contributed by atoms with Gasteiger partial charge in [-0.1, -0.05) is 85.4 Å². The molecule has 2 saturated heterocycles. The van der Waals surface area contributed by atoms with Crippen molar-refractivity contribution in [1.82, 2.24) is 5.32 Å². The number of benzene rings is 2. The van der Waals surface area contributed by atoms with Gasteiger partial charge < -0.3 is 58.2 Å². The fourth-order valence-corrected chi connectivity index (χ4v) is 7.41. The number of rotatable bonds is 18. The van der Waals surface area contributed by atoms with Crippen LogP contribution in [0.3, 0.4) is 0 Å². The molecule has 3 aliphatic rings. The molecule has 318 valence electrons. The summed E-state index contributed by atoms with van der Waals surface area (Å²) in [5.74, 6) is -1.59. The lowest BCUT2D eigenvalue weighted by Gasteiger charge is -2.49. The van der Waals surface area contributed by atoms with Gasteiger partial charge in [-0.3, -0.25) is 4.79 Å². The number of methoxy groups -OCH3 is 1. The van der Waals surface area contributed by atoms with Crippen molar-refractivity contribution in [2.75, 3.05) is 26.9 Å². The number of azide groups is 1. The van der Waals surface area contributed by atoms with Crippen LogP contribution in [0.15, 0.2) is 78.4 Å². The number of ether oxygens (including phenoxy) is 9. The molecule has 17 heteroatoms. The molecule has 3 N–H and O–H groups in total. The molecular weight excluding hydrogens is 756 g/mol. The Balaban J connectivity index is 1.50. The summed E-state index contributed by atoms with van der Waals surface area (Å²) in [6.07, 6.45) is -10.7. The predicted octanol–water partition coefficient (Wildman–Crippen LogP) is 4.33. The molecule has 58 heavy (non-hydrogen) atoms. The van der Waals surface area contributed by atoms with Crippen molar-refractivity contribution in [3.05, 3.63) is 94.9 Å². The van der Waals surface area contributed by atoms with Crippen LogP contribution in [0.2, 0.25) is 0 Å². The van der Waals surface area contributed by atoms with E-state index in [0.717, 1.165) is 11.1 Å². The van der Waals surface area contributed by atoms with Crippen molar-refractivity contribution in [3.63, 3.8) is 0 Å². The second-order valence-corrected chi connectivity index (χ2v) is 14.5. The molecule has 1 amide bonds. The molecule has 0 spiro atoms. The van der Waals surface area contributed by atoms with Crippen molar-refractivity contribution in [2.24, 2.45) is 17.0 Å². The summed E-state index contributed by atoms with van der Waals surface area (Å²) in [5.41, 5.74) is 11.6. The van der Waals surface area contributed by atoms with Crippen LogP contribution < -0.4 is 5.32 Å². The number of hydrogen-bond acceptors (Lipinski definition) is 14. The van der Waals surface area contributed by atoms with Gasteiger partial charge in [0, 0.05) is 18.8 Å². The molecule has 2 aromatic carbocycles. The number of nitrogens with zero attached hydrogens (tertiary/aromatic N) is 3. The van der Waals surface area contributed by atoms with E-state index in [0.29, 0.717) is 0 Å². The summed E-state index contributed by atoms with van der Waals surface area (Å²) in [7, 11) is 1.24. The predicted molar refractivity (Wildman–Crippen MR) is 207 cm³/mol. The van der Waals surface area contributed by atoms with E-state index in [2.05, 4.69) is 21.9 Å². The van der Waals surface area contributed by atoms with Gasteiger partial charge in [-0.05, 0) is 43.3 Å². The van der Waals surface area contributed by atoms with Crippen molar-refractivity contribution in [2.45, 2.75) is 120 Å². The lowest BCUT2D eigenvalue weighted by Crippen LogP contribution is -2.66. The SMILES string of the molecule is [3H]CCOC[C@@H]1O[C@@H](O[C@@H]2CC(C(=O)OC)C[C@@H](N=[N+]=[N-])[C@H]2O[C@@H]2OC(C)[C@@H](C)[C@H](OCc3ccccc3)C2OCc2ccccc2)C(NC(=O)OCC=C)C(O)[C@H]1O. The van der Waals surface area contributed by atoms with E-state index < -0.39 is 91.5 Å². The van der Waals surface area contributed by atoms with E-state index in [4.69, 9.17) is 44.0 Å². The third kappa shape index (κ3) is 11.8. The maximum Gasteiger partial charge on any atom is 0.407 e. The highest BCUT2D eigenvalue weighted by Crippen LogP contribution is 2.39. The average Bonchev–Trinajstić information content (AvgIpc) is 3.24.